The van der Waals surface area contributed by atoms with Gasteiger partial charge in [0, 0.05) is 51.1 Å². The minimum absolute atomic E-state index is 0.0182. The summed E-state index contributed by atoms with van der Waals surface area (Å²) in [6.45, 7) is 7.58. The Kier molecular flexibility index (Phi) is 5.59. The number of rotatable bonds is 4. The fraction of sp³-hybridized carbons (Fsp3) is 0.370. The molecule has 8 nitrogen and oxygen atoms in total. The van der Waals surface area contributed by atoms with Crippen LogP contribution in [0, 0.1) is 0 Å². The third-order valence-corrected chi connectivity index (χ3v) is 8.42. The third kappa shape index (κ3) is 3.70. The van der Waals surface area contributed by atoms with Crippen LogP contribution in [0.4, 0.5) is 5.82 Å². The monoisotopic (exact) mass is 503 g/mol. The van der Waals surface area contributed by atoms with Gasteiger partial charge in [-0.1, -0.05) is 0 Å². The topological polar surface area (TPSA) is 95.5 Å². The summed E-state index contributed by atoms with van der Waals surface area (Å²) >= 11 is 1.72. The van der Waals surface area contributed by atoms with E-state index in [1.165, 1.54) is 4.88 Å². The summed E-state index contributed by atoms with van der Waals surface area (Å²) < 4.78 is 13.6. The second-order valence-electron chi connectivity index (χ2n) is 9.81. The average Bonchev–Trinajstić information content (AvgIpc) is 3.57. The molecule has 2 atom stereocenters. The van der Waals surface area contributed by atoms with Gasteiger partial charge in [-0.25, -0.2) is 4.98 Å². The zero-order valence-electron chi connectivity index (χ0n) is 20.8. The first-order valence-corrected chi connectivity index (χ1v) is 13.0. The summed E-state index contributed by atoms with van der Waals surface area (Å²) in [7, 11) is 1.91. The molecule has 4 aromatic rings. The third-order valence-electron chi connectivity index (χ3n) is 7.09. The van der Waals surface area contributed by atoms with Crippen LogP contribution in [-0.4, -0.2) is 38.2 Å². The van der Waals surface area contributed by atoms with Crippen molar-refractivity contribution in [2.45, 2.75) is 52.2 Å². The highest BCUT2D eigenvalue weighted by molar-refractivity contribution is 7.15. The minimum Gasteiger partial charge on any atom is -0.383 e. The summed E-state index contributed by atoms with van der Waals surface area (Å²) in [5.74, 6) is 0.474. The lowest BCUT2D eigenvalue weighted by Gasteiger charge is -2.37. The number of aromatic nitrogens is 3. The van der Waals surface area contributed by atoms with E-state index >= 15 is 0 Å². The molecule has 186 valence electrons. The number of amides is 1. The van der Waals surface area contributed by atoms with Crippen LogP contribution < -0.4 is 5.73 Å². The van der Waals surface area contributed by atoms with E-state index in [1.807, 2.05) is 49.5 Å². The maximum atomic E-state index is 14.0. The molecule has 2 aliphatic rings. The van der Waals surface area contributed by atoms with Gasteiger partial charge in [0.1, 0.15) is 5.82 Å². The number of thiophene rings is 1. The lowest BCUT2D eigenvalue weighted by Crippen LogP contribution is -2.43. The highest BCUT2D eigenvalue weighted by Crippen LogP contribution is 2.42. The largest absolute Gasteiger partial charge is 0.383 e. The van der Waals surface area contributed by atoms with Crippen molar-refractivity contribution < 1.29 is 14.3 Å². The van der Waals surface area contributed by atoms with Crippen LogP contribution in [0.3, 0.4) is 0 Å². The zero-order chi connectivity index (χ0) is 25.1. The summed E-state index contributed by atoms with van der Waals surface area (Å²) in [5.41, 5.74) is 11.8. The molecule has 3 aromatic heterocycles. The van der Waals surface area contributed by atoms with Gasteiger partial charge in [-0.15, -0.1) is 11.3 Å². The minimum atomic E-state index is -0.161. The first kappa shape index (κ1) is 23.1. The number of hydrogen-bond donors (Lipinski definition) is 1. The second-order valence-corrected chi connectivity index (χ2v) is 10.9. The van der Waals surface area contributed by atoms with E-state index in [0.29, 0.717) is 31.2 Å². The van der Waals surface area contributed by atoms with Crippen LogP contribution in [0.25, 0.3) is 21.3 Å². The molecule has 2 aliphatic heterocycles. The van der Waals surface area contributed by atoms with E-state index < -0.39 is 0 Å². The Morgan fingerprint density at radius 1 is 1.28 bits per heavy atom. The number of carbonyl (C=O) groups is 1. The average molecular weight is 504 g/mol. The lowest BCUT2D eigenvalue weighted by molar-refractivity contribution is 0.0197. The summed E-state index contributed by atoms with van der Waals surface area (Å²) in [5, 5.41) is 5.24. The van der Waals surface area contributed by atoms with E-state index in [-0.39, 0.29) is 24.1 Å². The smallest absolute Gasteiger partial charge is 0.254 e. The molecule has 0 fully saturated rings. The van der Waals surface area contributed by atoms with E-state index in [9.17, 15) is 4.79 Å². The molecule has 0 aliphatic carbocycles. The van der Waals surface area contributed by atoms with Crippen molar-refractivity contribution in [3.63, 3.8) is 0 Å². The standard InChI is InChI=1S/C27H29N5O3S/c1-14(2)32(22-13-34-11-17-8-23(36-25(17)22)18-9-29-31(4)10-18)27(33)16-5-6-21-19(7-16)20-12-35-15(3)24(20)26(28)30-21/h5-10,14-15,22H,11-13H2,1-4H3,(H2,28,30). The van der Waals surface area contributed by atoms with Crippen molar-refractivity contribution in [3.8, 4) is 10.4 Å². The normalized spacial score (nSPS) is 19.0. The van der Waals surface area contributed by atoms with Gasteiger partial charge in [0.25, 0.3) is 5.91 Å². The molecule has 6 rings (SSSR count). The Morgan fingerprint density at radius 2 is 2.11 bits per heavy atom. The van der Waals surface area contributed by atoms with Crippen LogP contribution in [0.1, 0.15) is 64.8 Å². The Balaban J connectivity index is 1.39. The molecule has 2 unspecified atom stereocenters. The first-order valence-electron chi connectivity index (χ1n) is 12.2. The Morgan fingerprint density at radius 3 is 2.86 bits per heavy atom. The number of fused-ring (bicyclic) bond motifs is 4. The highest BCUT2D eigenvalue weighted by Gasteiger charge is 2.35. The molecule has 2 N–H and O–H groups in total. The molecular weight excluding hydrogens is 474 g/mol. The molecule has 5 heterocycles. The van der Waals surface area contributed by atoms with Gasteiger partial charge in [-0.3, -0.25) is 9.48 Å². The molecule has 9 heteroatoms. The molecular formula is C27H29N5O3S. The molecule has 0 saturated carbocycles. The van der Waals surface area contributed by atoms with Gasteiger partial charge in [0.05, 0.1) is 43.7 Å². The zero-order valence-corrected chi connectivity index (χ0v) is 21.6. The van der Waals surface area contributed by atoms with Gasteiger partial charge < -0.3 is 20.1 Å². The second kappa shape index (κ2) is 8.69. The molecule has 1 amide bonds. The number of nitrogens with two attached hydrogens (primary N) is 1. The fourth-order valence-corrected chi connectivity index (χ4v) is 6.60. The number of carbonyl (C=O) groups excluding carboxylic acids is 1. The number of hydrogen-bond acceptors (Lipinski definition) is 7. The molecule has 36 heavy (non-hydrogen) atoms. The SMILES string of the molecule is CC1OCc2c1c(N)nc1ccc(C(=O)N(C(C)C)C3COCc4cc(-c5cnn(C)c5)sc43)cc21. The van der Waals surface area contributed by atoms with Gasteiger partial charge in [-0.2, -0.15) is 5.10 Å². The van der Waals surface area contributed by atoms with Crippen LogP contribution in [0.2, 0.25) is 0 Å². The Labute approximate surface area is 213 Å². The van der Waals surface area contributed by atoms with E-state index in [2.05, 4.69) is 30.0 Å². The molecule has 1 aromatic carbocycles. The van der Waals surface area contributed by atoms with Crippen LogP contribution in [0.15, 0.2) is 36.7 Å². The Bertz CT molecular complexity index is 1490. The fourth-order valence-electron chi connectivity index (χ4n) is 5.37. The number of pyridine rings is 1. The van der Waals surface area contributed by atoms with E-state index in [1.54, 1.807) is 16.0 Å². The number of anilines is 1. The lowest BCUT2D eigenvalue weighted by atomic mass is 9.99. The number of aryl methyl sites for hydroxylation is 1. The van der Waals surface area contributed by atoms with Gasteiger partial charge in [-0.05, 0) is 56.2 Å². The van der Waals surface area contributed by atoms with Gasteiger partial charge in [0.15, 0.2) is 0 Å². The number of benzene rings is 1. The molecule has 0 bridgehead atoms. The predicted octanol–water partition coefficient (Wildman–Crippen LogP) is 4.99. The van der Waals surface area contributed by atoms with Crippen molar-refractivity contribution in [2.24, 2.45) is 7.05 Å². The van der Waals surface area contributed by atoms with Crippen molar-refractivity contribution in [1.82, 2.24) is 19.7 Å². The highest BCUT2D eigenvalue weighted by atomic mass is 32.1. The quantitative estimate of drug-likeness (QED) is 0.421. The van der Waals surface area contributed by atoms with Gasteiger partial charge in [0.2, 0.25) is 0 Å². The summed E-state index contributed by atoms with van der Waals surface area (Å²) in [6.07, 6.45) is 3.78. The maximum Gasteiger partial charge on any atom is 0.254 e. The maximum absolute atomic E-state index is 14.0. The van der Waals surface area contributed by atoms with Crippen molar-refractivity contribution in [3.05, 3.63) is 63.8 Å². The van der Waals surface area contributed by atoms with E-state index in [0.717, 1.165) is 38.0 Å². The summed E-state index contributed by atoms with van der Waals surface area (Å²) in [4.78, 5) is 22.9. The van der Waals surface area contributed by atoms with Crippen LogP contribution >= 0.6 is 11.3 Å². The molecule has 0 saturated heterocycles. The Hall–Kier alpha value is -3.27. The first-order chi connectivity index (χ1) is 17.3. The number of nitrogen functional groups attached to an aromatic ring is 1. The van der Waals surface area contributed by atoms with Crippen molar-refractivity contribution in [1.29, 1.82) is 0 Å². The van der Waals surface area contributed by atoms with Crippen LogP contribution in [0.5, 0.6) is 0 Å². The van der Waals surface area contributed by atoms with Crippen molar-refractivity contribution in [2.75, 3.05) is 12.3 Å². The number of nitrogens with zero attached hydrogens (tertiary/aromatic N) is 4. The summed E-state index contributed by atoms with van der Waals surface area (Å²) in [6, 6.07) is 7.66. The molecule has 0 radical (unpaired) electrons. The van der Waals surface area contributed by atoms with Gasteiger partial charge >= 0.3 is 0 Å². The van der Waals surface area contributed by atoms with E-state index in [4.69, 9.17) is 15.2 Å². The van der Waals surface area contributed by atoms with Crippen molar-refractivity contribution >= 4 is 34.0 Å². The number of ether oxygens (including phenoxy) is 2. The van der Waals surface area contributed by atoms with Crippen LogP contribution in [-0.2, 0) is 29.7 Å². The predicted molar refractivity (Wildman–Crippen MR) is 140 cm³/mol. The molecule has 0 spiro atoms.